The molecule has 0 spiro atoms. The van der Waals surface area contributed by atoms with Crippen LogP contribution in [0.5, 0.6) is 0 Å². The van der Waals surface area contributed by atoms with E-state index in [0.29, 0.717) is 19.4 Å². The van der Waals surface area contributed by atoms with Crippen LogP contribution >= 0.6 is 11.3 Å². The minimum absolute atomic E-state index is 0.0690. The predicted molar refractivity (Wildman–Crippen MR) is 108 cm³/mol. The second-order valence-corrected chi connectivity index (χ2v) is 9.24. The van der Waals surface area contributed by atoms with Crippen molar-refractivity contribution in [2.24, 2.45) is 0 Å². The molecule has 0 radical (unpaired) electrons. The molecule has 0 amide bonds. The third-order valence-electron chi connectivity index (χ3n) is 4.16. The number of benzene rings is 2. The zero-order chi connectivity index (χ0) is 19.3. The molecule has 142 valence electrons. The highest BCUT2D eigenvalue weighted by Crippen LogP contribution is 2.28. The van der Waals surface area contributed by atoms with E-state index in [4.69, 9.17) is 0 Å². The van der Waals surface area contributed by atoms with Crippen LogP contribution in [-0.2, 0) is 22.9 Å². The van der Waals surface area contributed by atoms with E-state index >= 15 is 0 Å². The first-order chi connectivity index (χ1) is 12.9. The van der Waals surface area contributed by atoms with Crippen molar-refractivity contribution in [3.63, 3.8) is 0 Å². The van der Waals surface area contributed by atoms with Crippen LogP contribution in [-0.4, -0.2) is 25.7 Å². The van der Waals surface area contributed by atoms with Gasteiger partial charge in [0.05, 0.1) is 11.4 Å². The van der Waals surface area contributed by atoms with Crippen molar-refractivity contribution >= 4 is 21.4 Å². The highest BCUT2D eigenvalue weighted by atomic mass is 32.2. The fraction of sp³-hybridized carbons (Fsp3) is 0.250. The number of halogens is 1. The Morgan fingerprint density at radius 3 is 2.44 bits per heavy atom. The number of hydrogen-bond acceptors (Lipinski definition) is 4. The highest BCUT2D eigenvalue weighted by molar-refractivity contribution is 7.89. The predicted octanol–water partition coefficient (Wildman–Crippen LogP) is 3.96. The van der Waals surface area contributed by atoms with E-state index in [1.165, 1.54) is 23.5 Å². The van der Waals surface area contributed by atoms with Gasteiger partial charge in [0, 0.05) is 17.0 Å². The number of nitrogens with zero attached hydrogens (tertiary/aromatic N) is 1. The fourth-order valence-electron chi connectivity index (χ4n) is 2.67. The number of thiazole rings is 1. The average Bonchev–Trinajstić information content (AvgIpc) is 3.02. The maximum atomic E-state index is 13.1. The minimum Gasteiger partial charge on any atom is -0.241 e. The van der Waals surface area contributed by atoms with Gasteiger partial charge in [-0.15, -0.1) is 11.3 Å². The molecule has 27 heavy (non-hydrogen) atoms. The first kappa shape index (κ1) is 19.7. The highest BCUT2D eigenvalue weighted by Gasteiger charge is 2.13. The Morgan fingerprint density at radius 2 is 1.74 bits per heavy atom. The summed E-state index contributed by atoms with van der Waals surface area (Å²) in [6, 6.07) is 15.8. The van der Waals surface area contributed by atoms with Crippen LogP contribution in [0.25, 0.3) is 10.6 Å². The zero-order valence-corrected chi connectivity index (χ0v) is 16.6. The molecular weight excluding hydrogens is 383 g/mol. The number of sulfonamides is 1. The van der Waals surface area contributed by atoms with Gasteiger partial charge in [0.1, 0.15) is 10.8 Å². The summed E-state index contributed by atoms with van der Waals surface area (Å²) in [7, 11) is -3.32. The third kappa shape index (κ3) is 5.69. The van der Waals surface area contributed by atoms with Gasteiger partial charge in [0.25, 0.3) is 0 Å². The van der Waals surface area contributed by atoms with Gasteiger partial charge in [-0.05, 0) is 49.6 Å². The van der Waals surface area contributed by atoms with Gasteiger partial charge in [-0.3, -0.25) is 0 Å². The maximum absolute atomic E-state index is 13.1. The van der Waals surface area contributed by atoms with Crippen LogP contribution in [0.2, 0.25) is 0 Å². The largest absolute Gasteiger partial charge is 0.241 e. The summed E-state index contributed by atoms with van der Waals surface area (Å²) < 4.78 is 40.1. The van der Waals surface area contributed by atoms with Crippen molar-refractivity contribution in [1.29, 1.82) is 0 Å². The summed E-state index contributed by atoms with van der Waals surface area (Å²) in [5.41, 5.74) is 2.74. The summed E-state index contributed by atoms with van der Waals surface area (Å²) in [6.07, 6.45) is 1.07. The molecule has 0 aliphatic carbocycles. The molecule has 0 aliphatic rings. The van der Waals surface area contributed by atoms with Gasteiger partial charge < -0.3 is 0 Å². The van der Waals surface area contributed by atoms with E-state index in [1.54, 1.807) is 12.1 Å². The molecule has 1 aromatic heterocycles. The second-order valence-electron chi connectivity index (χ2n) is 6.23. The average molecular weight is 405 g/mol. The Bertz CT molecular complexity index is 985. The molecule has 4 nitrogen and oxygen atoms in total. The molecule has 0 fully saturated rings. The van der Waals surface area contributed by atoms with Crippen molar-refractivity contribution in [3.8, 4) is 10.6 Å². The molecule has 0 unspecified atom stereocenters. The molecule has 0 bridgehead atoms. The lowest BCUT2D eigenvalue weighted by atomic mass is 10.2. The Balaban J connectivity index is 1.54. The summed E-state index contributed by atoms with van der Waals surface area (Å²) in [4.78, 5) is 5.55. The van der Waals surface area contributed by atoms with Crippen LogP contribution in [0.3, 0.4) is 0 Å². The first-order valence-corrected chi connectivity index (χ1v) is 11.1. The molecule has 1 N–H and O–H groups in total. The lowest BCUT2D eigenvalue weighted by molar-refractivity contribution is 0.581. The van der Waals surface area contributed by atoms with Gasteiger partial charge in [-0.25, -0.2) is 22.5 Å². The monoisotopic (exact) mass is 404 g/mol. The van der Waals surface area contributed by atoms with Gasteiger partial charge in [0.2, 0.25) is 10.0 Å². The smallest absolute Gasteiger partial charge is 0.211 e. The second kappa shape index (κ2) is 8.73. The molecule has 2 aromatic carbocycles. The van der Waals surface area contributed by atoms with E-state index in [1.807, 2.05) is 37.3 Å². The Labute approximate surface area is 163 Å². The number of aromatic nitrogens is 1. The molecule has 3 aromatic rings. The molecule has 0 atom stereocenters. The van der Waals surface area contributed by atoms with E-state index in [9.17, 15) is 12.8 Å². The first-order valence-electron chi connectivity index (χ1n) is 8.66. The van der Waals surface area contributed by atoms with Crippen molar-refractivity contribution in [1.82, 2.24) is 9.71 Å². The van der Waals surface area contributed by atoms with Crippen molar-refractivity contribution in [2.75, 3.05) is 12.3 Å². The topological polar surface area (TPSA) is 59.1 Å². The molecule has 0 aliphatic heterocycles. The van der Waals surface area contributed by atoms with Gasteiger partial charge in [-0.2, -0.15) is 0 Å². The summed E-state index contributed by atoms with van der Waals surface area (Å²) in [5, 5.41) is 0.814. The number of hydrogen-bond donors (Lipinski definition) is 1. The van der Waals surface area contributed by atoms with E-state index < -0.39 is 10.0 Å². The quantitative estimate of drug-likeness (QED) is 0.618. The Hall–Kier alpha value is -2.09. The lowest BCUT2D eigenvalue weighted by Gasteiger charge is -2.06. The Morgan fingerprint density at radius 1 is 1.04 bits per heavy atom. The molecule has 0 saturated heterocycles. The summed E-state index contributed by atoms with van der Waals surface area (Å²) in [6.45, 7) is 2.24. The van der Waals surface area contributed by atoms with E-state index in [0.717, 1.165) is 26.7 Å². The van der Waals surface area contributed by atoms with Crippen molar-refractivity contribution in [2.45, 2.75) is 19.8 Å². The van der Waals surface area contributed by atoms with Crippen LogP contribution in [0, 0.1) is 12.7 Å². The van der Waals surface area contributed by atoms with Crippen LogP contribution in [0.15, 0.2) is 54.6 Å². The molecule has 1 heterocycles. The molecule has 3 rings (SSSR count). The molecular formula is C20H21FN2O2S2. The summed E-state index contributed by atoms with van der Waals surface area (Å²) >= 11 is 1.51. The number of aryl methyl sites for hydroxylation is 2. The lowest BCUT2D eigenvalue weighted by Crippen LogP contribution is -2.29. The molecule has 0 saturated carbocycles. The maximum Gasteiger partial charge on any atom is 0.211 e. The van der Waals surface area contributed by atoms with Crippen LogP contribution < -0.4 is 4.72 Å². The molecule has 7 heteroatoms. The number of nitrogens with one attached hydrogen (secondary N) is 1. The SMILES string of the molecule is Cc1nc(-c2ccc(F)cc2)sc1CCNS(=O)(=O)CCc1ccccc1. The van der Waals surface area contributed by atoms with Crippen molar-refractivity contribution < 1.29 is 12.8 Å². The van der Waals surface area contributed by atoms with Crippen LogP contribution in [0.4, 0.5) is 4.39 Å². The van der Waals surface area contributed by atoms with Gasteiger partial charge in [0.15, 0.2) is 0 Å². The van der Waals surface area contributed by atoms with Gasteiger partial charge in [-0.1, -0.05) is 30.3 Å². The van der Waals surface area contributed by atoms with Gasteiger partial charge >= 0.3 is 0 Å². The van der Waals surface area contributed by atoms with E-state index in [2.05, 4.69) is 9.71 Å². The Kier molecular flexibility index (Phi) is 6.36. The zero-order valence-electron chi connectivity index (χ0n) is 15.0. The standard InChI is InChI=1S/C20H21FN2O2S2/c1-15-19(26-20(23-15)17-7-9-18(21)10-8-17)11-13-22-27(24,25)14-12-16-5-3-2-4-6-16/h2-10,22H,11-14H2,1H3. The summed E-state index contributed by atoms with van der Waals surface area (Å²) in [5.74, 6) is -0.211. The third-order valence-corrected chi connectivity index (χ3v) is 6.81. The fourth-order valence-corrected chi connectivity index (χ4v) is 4.79. The van der Waals surface area contributed by atoms with E-state index in [-0.39, 0.29) is 11.6 Å². The van der Waals surface area contributed by atoms with Crippen LogP contribution in [0.1, 0.15) is 16.1 Å². The minimum atomic E-state index is -3.32. The normalized spacial score (nSPS) is 11.6. The van der Waals surface area contributed by atoms with Crippen molar-refractivity contribution in [3.05, 3.63) is 76.5 Å². The number of rotatable bonds is 8.